The molecule has 0 aromatic carbocycles. The number of nitrogens with zero attached hydrogens (tertiary/aromatic N) is 5. The van der Waals surface area contributed by atoms with Gasteiger partial charge in [-0.2, -0.15) is 5.10 Å². The molecular weight excluding hydrogens is 422 g/mol. The zero-order chi connectivity index (χ0) is 22.3. The van der Waals surface area contributed by atoms with Crippen LogP contribution in [0.25, 0.3) is 0 Å². The van der Waals surface area contributed by atoms with Crippen LogP contribution in [-0.2, 0) is 18.4 Å². The number of hydrogen-bond acceptors (Lipinski definition) is 5. The molecule has 2 amide bonds. The third-order valence-electron chi connectivity index (χ3n) is 6.86. The van der Waals surface area contributed by atoms with Gasteiger partial charge in [0.25, 0.3) is 5.91 Å². The van der Waals surface area contributed by atoms with Crippen molar-refractivity contribution in [2.24, 2.45) is 12.5 Å². The van der Waals surface area contributed by atoms with Crippen LogP contribution in [0.5, 0.6) is 0 Å². The molecule has 2 saturated heterocycles. The second-order valence-corrected chi connectivity index (χ2v) is 10.2. The maximum Gasteiger partial charge on any atom is 0.263 e. The SMILES string of the molecule is Cc1ccc(C(=O)N2C[C@@H](c3ccnn3C)[C@@]3(CCCN(Cc4cccnc4)C3=O)C2)s1. The molecule has 3 aromatic heterocycles. The van der Waals surface area contributed by atoms with Gasteiger partial charge in [0, 0.05) is 68.3 Å². The van der Waals surface area contributed by atoms with Crippen LogP contribution in [0, 0.1) is 12.3 Å². The first kappa shape index (κ1) is 20.9. The van der Waals surface area contributed by atoms with E-state index in [1.54, 1.807) is 12.4 Å². The smallest absolute Gasteiger partial charge is 0.263 e. The van der Waals surface area contributed by atoms with Crippen LogP contribution < -0.4 is 0 Å². The van der Waals surface area contributed by atoms with Crippen LogP contribution in [-0.4, -0.2) is 56.0 Å². The highest BCUT2D eigenvalue weighted by atomic mass is 32.1. The van der Waals surface area contributed by atoms with Gasteiger partial charge in [0.1, 0.15) is 0 Å². The van der Waals surface area contributed by atoms with Gasteiger partial charge in [-0.25, -0.2) is 0 Å². The molecule has 0 aliphatic carbocycles. The minimum absolute atomic E-state index is 0.0179. The number of pyridine rings is 1. The number of piperidine rings is 1. The van der Waals surface area contributed by atoms with Gasteiger partial charge in [-0.05, 0) is 49.6 Å². The molecule has 0 bridgehead atoms. The average molecular weight is 450 g/mol. The van der Waals surface area contributed by atoms with E-state index in [9.17, 15) is 9.59 Å². The highest BCUT2D eigenvalue weighted by molar-refractivity contribution is 7.13. The third kappa shape index (κ3) is 3.52. The van der Waals surface area contributed by atoms with Crippen molar-refractivity contribution in [2.45, 2.75) is 32.2 Å². The van der Waals surface area contributed by atoms with Crippen molar-refractivity contribution in [3.05, 3.63) is 69.9 Å². The number of hydrogen-bond donors (Lipinski definition) is 0. The second-order valence-electron chi connectivity index (χ2n) is 8.88. The Morgan fingerprint density at radius 3 is 2.81 bits per heavy atom. The molecule has 3 aromatic rings. The van der Waals surface area contributed by atoms with Crippen molar-refractivity contribution in [1.82, 2.24) is 24.6 Å². The van der Waals surface area contributed by atoms with Crippen LogP contribution in [0.2, 0.25) is 0 Å². The topological polar surface area (TPSA) is 71.3 Å². The Hall–Kier alpha value is -3.00. The molecule has 1 spiro atoms. The molecule has 2 atom stereocenters. The van der Waals surface area contributed by atoms with E-state index in [0.29, 0.717) is 19.6 Å². The quantitative estimate of drug-likeness (QED) is 0.613. The Kier molecular flexibility index (Phi) is 5.33. The number of rotatable bonds is 4. The molecule has 7 nitrogen and oxygen atoms in total. The highest BCUT2D eigenvalue weighted by Crippen LogP contribution is 2.50. The van der Waals surface area contributed by atoms with Crippen molar-refractivity contribution in [3.63, 3.8) is 0 Å². The van der Waals surface area contributed by atoms with Crippen molar-refractivity contribution in [1.29, 1.82) is 0 Å². The number of carbonyl (C=O) groups is 2. The summed E-state index contributed by atoms with van der Waals surface area (Å²) in [5.41, 5.74) is 1.41. The van der Waals surface area contributed by atoms with Crippen LogP contribution in [0.3, 0.4) is 0 Å². The summed E-state index contributed by atoms with van der Waals surface area (Å²) in [6.07, 6.45) is 7.03. The lowest BCUT2D eigenvalue weighted by Crippen LogP contribution is -2.52. The first-order valence-corrected chi connectivity index (χ1v) is 11.8. The van der Waals surface area contributed by atoms with E-state index in [-0.39, 0.29) is 17.7 Å². The molecule has 0 saturated carbocycles. The van der Waals surface area contributed by atoms with Crippen molar-refractivity contribution in [2.75, 3.05) is 19.6 Å². The maximum absolute atomic E-state index is 14.0. The average Bonchev–Trinajstić information content (AvgIpc) is 3.51. The molecular formula is C24H27N5O2S. The predicted octanol–water partition coefficient (Wildman–Crippen LogP) is 3.23. The molecule has 5 heterocycles. The lowest BCUT2D eigenvalue weighted by molar-refractivity contribution is -0.147. The van der Waals surface area contributed by atoms with Gasteiger partial charge >= 0.3 is 0 Å². The molecule has 5 rings (SSSR count). The minimum Gasteiger partial charge on any atom is -0.338 e. The Labute approximate surface area is 191 Å². The van der Waals surface area contributed by atoms with E-state index in [1.165, 1.54) is 11.3 Å². The molecule has 0 unspecified atom stereocenters. The Balaban J connectivity index is 1.49. The number of likely N-dealkylation sites (tertiary alicyclic amines) is 2. The fraction of sp³-hybridized carbons (Fsp3) is 0.417. The summed E-state index contributed by atoms with van der Waals surface area (Å²) in [6, 6.07) is 9.76. The normalized spacial score (nSPS) is 23.3. The van der Waals surface area contributed by atoms with Gasteiger partial charge in [-0.15, -0.1) is 11.3 Å². The predicted molar refractivity (Wildman–Crippen MR) is 122 cm³/mol. The summed E-state index contributed by atoms with van der Waals surface area (Å²) in [5, 5.41) is 4.36. The second kappa shape index (κ2) is 8.16. The van der Waals surface area contributed by atoms with E-state index in [0.717, 1.165) is 40.4 Å². The highest BCUT2D eigenvalue weighted by Gasteiger charge is 2.57. The minimum atomic E-state index is -0.629. The van der Waals surface area contributed by atoms with E-state index in [2.05, 4.69) is 10.1 Å². The number of carbonyl (C=O) groups excluding carboxylic acids is 2. The van der Waals surface area contributed by atoms with Crippen LogP contribution in [0.1, 0.15) is 44.6 Å². The zero-order valence-corrected chi connectivity index (χ0v) is 19.2. The standard InChI is InChI=1S/C24H27N5O2S/c1-17-6-7-21(32-17)22(30)29-15-19(20-8-11-26-27(20)2)24(16-29)9-4-12-28(23(24)31)14-18-5-3-10-25-13-18/h3,5-8,10-11,13,19H,4,9,12,14-16H2,1-2H3/t19-,24+/m0/s1. The third-order valence-corrected chi connectivity index (χ3v) is 7.85. The molecule has 2 aliphatic heterocycles. The molecule has 8 heteroatoms. The van der Waals surface area contributed by atoms with Gasteiger partial charge < -0.3 is 9.80 Å². The van der Waals surface area contributed by atoms with Crippen molar-refractivity contribution < 1.29 is 9.59 Å². The Bertz CT molecular complexity index is 1140. The van der Waals surface area contributed by atoms with E-state index in [1.807, 2.05) is 65.0 Å². The van der Waals surface area contributed by atoms with Crippen molar-refractivity contribution in [3.8, 4) is 0 Å². The summed E-state index contributed by atoms with van der Waals surface area (Å²) in [4.78, 5) is 37.2. The van der Waals surface area contributed by atoms with E-state index >= 15 is 0 Å². The summed E-state index contributed by atoms with van der Waals surface area (Å²) < 4.78 is 1.85. The molecule has 166 valence electrons. The lowest BCUT2D eigenvalue weighted by atomic mass is 9.70. The summed E-state index contributed by atoms with van der Waals surface area (Å²) in [5.74, 6) is 0.0741. The monoisotopic (exact) mass is 449 g/mol. The first-order valence-electron chi connectivity index (χ1n) is 11.0. The summed E-state index contributed by atoms with van der Waals surface area (Å²) in [6.45, 7) is 4.26. The summed E-state index contributed by atoms with van der Waals surface area (Å²) in [7, 11) is 1.91. The van der Waals surface area contributed by atoms with Gasteiger partial charge in [-0.3, -0.25) is 19.3 Å². The van der Waals surface area contributed by atoms with E-state index in [4.69, 9.17) is 0 Å². The van der Waals surface area contributed by atoms with Crippen LogP contribution in [0.4, 0.5) is 0 Å². The maximum atomic E-state index is 14.0. The molecule has 2 aliphatic rings. The van der Waals surface area contributed by atoms with Gasteiger partial charge in [0.05, 0.1) is 10.3 Å². The Morgan fingerprint density at radius 1 is 1.25 bits per heavy atom. The largest absolute Gasteiger partial charge is 0.338 e. The number of aryl methyl sites for hydroxylation is 2. The molecule has 0 radical (unpaired) electrons. The molecule has 32 heavy (non-hydrogen) atoms. The van der Waals surface area contributed by atoms with E-state index < -0.39 is 5.41 Å². The van der Waals surface area contributed by atoms with Crippen LogP contribution >= 0.6 is 11.3 Å². The van der Waals surface area contributed by atoms with Gasteiger partial charge in [0.2, 0.25) is 5.91 Å². The zero-order valence-electron chi connectivity index (χ0n) is 18.4. The molecule has 0 N–H and O–H groups in total. The van der Waals surface area contributed by atoms with Gasteiger partial charge in [0.15, 0.2) is 0 Å². The number of thiophene rings is 1. The number of amides is 2. The fourth-order valence-corrected chi connectivity index (χ4v) is 6.15. The van der Waals surface area contributed by atoms with Crippen molar-refractivity contribution >= 4 is 23.2 Å². The van der Waals surface area contributed by atoms with Crippen LogP contribution in [0.15, 0.2) is 48.9 Å². The summed E-state index contributed by atoms with van der Waals surface area (Å²) >= 11 is 1.51. The molecule has 2 fully saturated rings. The fourth-order valence-electron chi connectivity index (χ4n) is 5.31. The lowest BCUT2D eigenvalue weighted by Gasteiger charge is -2.42. The first-order chi connectivity index (χ1) is 15.5. The number of aromatic nitrogens is 3. The Morgan fingerprint density at radius 2 is 2.12 bits per heavy atom. The van der Waals surface area contributed by atoms with Gasteiger partial charge in [-0.1, -0.05) is 6.07 Å².